The molecule has 0 saturated heterocycles. The summed E-state index contributed by atoms with van der Waals surface area (Å²) in [5.74, 6) is 0.774. The van der Waals surface area contributed by atoms with Crippen molar-refractivity contribution in [3.8, 4) is 5.75 Å². The molecule has 0 amide bonds. The number of nitrogens with two attached hydrogens (primary N) is 1. The normalized spacial score (nSPS) is 10.8. The molecule has 0 saturated carbocycles. The van der Waals surface area contributed by atoms with Gasteiger partial charge in [0.15, 0.2) is 0 Å². The third-order valence-corrected chi connectivity index (χ3v) is 1.84. The van der Waals surface area contributed by atoms with E-state index in [1.807, 2.05) is 38.1 Å². The summed E-state index contributed by atoms with van der Waals surface area (Å²) in [6.45, 7) is 4.87. The smallest absolute Gasteiger partial charge is 0.142 e. The van der Waals surface area contributed by atoms with Crippen molar-refractivity contribution >= 4 is 0 Å². The van der Waals surface area contributed by atoms with Crippen LogP contribution in [-0.2, 0) is 6.54 Å². The molecule has 0 spiro atoms. The Morgan fingerprint density at radius 3 is 2.93 bits per heavy atom. The Balaban J connectivity index is 2.74. The van der Waals surface area contributed by atoms with E-state index in [1.54, 1.807) is 0 Å². The second-order valence-corrected chi connectivity index (χ2v) is 2.98. The summed E-state index contributed by atoms with van der Waals surface area (Å²) in [5, 5.41) is 0. The summed E-state index contributed by atoms with van der Waals surface area (Å²) in [4.78, 5) is 4.30. The zero-order valence-corrected chi connectivity index (χ0v) is 8.66. The third-order valence-electron chi connectivity index (χ3n) is 1.84. The Morgan fingerprint density at radius 1 is 1.50 bits per heavy atom. The summed E-state index contributed by atoms with van der Waals surface area (Å²) in [7, 11) is 0. The highest BCUT2D eigenvalue weighted by Crippen LogP contribution is 2.15. The van der Waals surface area contributed by atoms with Crippen LogP contribution in [-0.4, -0.2) is 11.6 Å². The van der Waals surface area contributed by atoms with Gasteiger partial charge in [-0.05, 0) is 26.0 Å². The van der Waals surface area contributed by atoms with Crippen molar-refractivity contribution in [3.05, 3.63) is 35.7 Å². The minimum atomic E-state index is 0.410. The van der Waals surface area contributed by atoms with Crippen molar-refractivity contribution in [1.29, 1.82) is 0 Å². The van der Waals surface area contributed by atoms with Gasteiger partial charge in [-0.3, -0.25) is 4.98 Å². The van der Waals surface area contributed by atoms with Crippen LogP contribution in [0.15, 0.2) is 24.3 Å². The molecule has 1 heterocycles. The molecule has 0 radical (unpaired) electrons. The molecule has 0 unspecified atom stereocenters. The lowest BCUT2D eigenvalue weighted by molar-refractivity contribution is 0.356. The number of nitrogens with zero attached hydrogens (tertiary/aromatic N) is 1. The molecule has 3 heteroatoms. The number of hydrogen-bond acceptors (Lipinski definition) is 3. The van der Waals surface area contributed by atoms with Gasteiger partial charge in [0.25, 0.3) is 0 Å². The van der Waals surface area contributed by atoms with E-state index in [9.17, 15) is 0 Å². The number of hydrogen-bond donors (Lipinski definition) is 1. The Kier molecular flexibility index (Phi) is 4.13. The van der Waals surface area contributed by atoms with E-state index < -0.39 is 0 Å². The van der Waals surface area contributed by atoms with Crippen molar-refractivity contribution in [2.75, 3.05) is 6.61 Å². The fourth-order valence-corrected chi connectivity index (χ4v) is 1.11. The zero-order chi connectivity index (χ0) is 10.4. The lowest BCUT2D eigenvalue weighted by Gasteiger charge is -2.08. The van der Waals surface area contributed by atoms with Gasteiger partial charge in [0.05, 0.1) is 5.69 Å². The number of aromatic nitrogens is 1. The summed E-state index contributed by atoms with van der Waals surface area (Å²) < 4.78 is 5.49. The summed E-state index contributed by atoms with van der Waals surface area (Å²) >= 11 is 0. The predicted octanol–water partition coefficient (Wildman–Crippen LogP) is 1.80. The van der Waals surface area contributed by atoms with Crippen molar-refractivity contribution in [2.24, 2.45) is 5.73 Å². The van der Waals surface area contributed by atoms with Gasteiger partial charge in [0.2, 0.25) is 0 Å². The number of pyridine rings is 1. The first-order valence-corrected chi connectivity index (χ1v) is 4.68. The molecule has 0 aromatic carbocycles. The van der Waals surface area contributed by atoms with E-state index in [0.717, 1.165) is 17.1 Å². The first-order chi connectivity index (χ1) is 6.77. The van der Waals surface area contributed by atoms with Gasteiger partial charge in [-0.25, -0.2) is 0 Å². The fourth-order valence-electron chi connectivity index (χ4n) is 1.11. The van der Waals surface area contributed by atoms with E-state index in [2.05, 4.69) is 4.98 Å². The lowest BCUT2D eigenvalue weighted by atomic mass is 10.3. The van der Waals surface area contributed by atoms with Crippen molar-refractivity contribution < 1.29 is 4.74 Å². The van der Waals surface area contributed by atoms with E-state index in [-0.39, 0.29) is 0 Å². The fraction of sp³-hybridized carbons (Fsp3) is 0.364. The summed E-state index contributed by atoms with van der Waals surface area (Å²) in [5.41, 5.74) is 7.34. The maximum atomic E-state index is 5.56. The molecular weight excluding hydrogens is 176 g/mol. The Bertz CT molecular complexity index is 321. The SMILES string of the molecule is CC=CCOc1ccc(C)nc1CN. The van der Waals surface area contributed by atoms with Gasteiger partial charge in [-0.15, -0.1) is 0 Å². The maximum absolute atomic E-state index is 5.56. The first-order valence-electron chi connectivity index (χ1n) is 4.68. The molecule has 1 aromatic rings. The topological polar surface area (TPSA) is 48.1 Å². The predicted molar refractivity (Wildman–Crippen MR) is 57.2 cm³/mol. The molecule has 3 nitrogen and oxygen atoms in total. The molecule has 0 bridgehead atoms. The van der Waals surface area contributed by atoms with Crippen LogP contribution in [0.4, 0.5) is 0 Å². The first kappa shape index (κ1) is 10.7. The van der Waals surface area contributed by atoms with Crippen LogP contribution in [0.25, 0.3) is 0 Å². The van der Waals surface area contributed by atoms with E-state index in [0.29, 0.717) is 13.2 Å². The van der Waals surface area contributed by atoms with Crippen molar-refractivity contribution in [1.82, 2.24) is 4.98 Å². The second-order valence-electron chi connectivity index (χ2n) is 2.98. The van der Waals surface area contributed by atoms with Crippen LogP contribution < -0.4 is 10.5 Å². The summed E-state index contributed by atoms with van der Waals surface area (Å²) in [6, 6.07) is 3.83. The van der Waals surface area contributed by atoms with Gasteiger partial charge in [-0.1, -0.05) is 12.2 Å². The highest BCUT2D eigenvalue weighted by atomic mass is 16.5. The van der Waals surface area contributed by atoms with Gasteiger partial charge >= 0.3 is 0 Å². The largest absolute Gasteiger partial charge is 0.488 e. The lowest BCUT2D eigenvalue weighted by Crippen LogP contribution is -2.05. The van der Waals surface area contributed by atoms with Crippen LogP contribution in [0.3, 0.4) is 0 Å². The number of aryl methyl sites for hydroxylation is 1. The molecule has 1 rings (SSSR count). The molecule has 0 atom stereocenters. The Morgan fingerprint density at radius 2 is 2.29 bits per heavy atom. The zero-order valence-electron chi connectivity index (χ0n) is 8.66. The maximum Gasteiger partial charge on any atom is 0.142 e. The number of rotatable bonds is 4. The standard InChI is InChI=1S/C11H16N2O/c1-3-4-7-14-11-6-5-9(2)13-10(11)8-12/h3-6H,7-8,12H2,1-2H3. The van der Waals surface area contributed by atoms with Crippen molar-refractivity contribution in [3.63, 3.8) is 0 Å². The number of ether oxygens (including phenoxy) is 1. The van der Waals surface area contributed by atoms with Gasteiger partial charge < -0.3 is 10.5 Å². The van der Waals surface area contributed by atoms with Crippen molar-refractivity contribution in [2.45, 2.75) is 20.4 Å². The third kappa shape index (κ3) is 2.85. The molecular formula is C11H16N2O. The molecule has 0 fully saturated rings. The molecule has 0 aliphatic carbocycles. The molecule has 14 heavy (non-hydrogen) atoms. The van der Waals surface area contributed by atoms with Crippen LogP contribution in [0.1, 0.15) is 18.3 Å². The highest BCUT2D eigenvalue weighted by molar-refractivity contribution is 5.29. The molecule has 76 valence electrons. The average molecular weight is 192 g/mol. The molecule has 1 aromatic heterocycles. The van der Waals surface area contributed by atoms with Gasteiger partial charge in [0, 0.05) is 12.2 Å². The molecule has 0 aliphatic heterocycles. The van der Waals surface area contributed by atoms with Crippen LogP contribution in [0, 0.1) is 6.92 Å². The van der Waals surface area contributed by atoms with Gasteiger partial charge in [0.1, 0.15) is 12.4 Å². The van der Waals surface area contributed by atoms with E-state index >= 15 is 0 Å². The quantitative estimate of drug-likeness (QED) is 0.740. The monoisotopic (exact) mass is 192 g/mol. The van der Waals surface area contributed by atoms with Crippen LogP contribution in [0.2, 0.25) is 0 Å². The number of allylic oxidation sites excluding steroid dienone is 1. The van der Waals surface area contributed by atoms with E-state index in [1.165, 1.54) is 0 Å². The minimum absolute atomic E-state index is 0.410. The molecule has 0 aliphatic rings. The molecule has 2 N–H and O–H groups in total. The minimum Gasteiger partial charge on any atom is -0.488 e. The second kappa shape index (κ2) is 5.40. The Hall–Kier alpha value is -1.35. The van der Waals surface area contributed by atoms with Gasteiger partial charge in [-0.2, -0.15) is 0 Å². The average Bonchev–Trinajstić information content (AvgIpc) is 2.20. The highest BCUT2D eigenvalue weighted by Gasteiger charge is 2.02. The van der Waals surface area contributed by atoms with Crippen LogP contribution in [0.5, 0.6) is 5.75 Å². The van der Waals surface area contributed by atoms with Crippen LogP contribution >= 0.6 is 0 Å². The van der Waals surface area contributed by atoms with E-state index in [4.69, 9.17) is 10.5 Å². The Labute approximate surface area is 84.6 Å². The summed E-state index contributed by atoms with van der Waals surface area (Å²) in [6.07, 6.45) is 3.89.